The second-order valence-corrected chi connectivity index (χ2v) is 5.60. The second-order valence-electron chi connectivity index (χ2n) is 4.62. The van der Waals surface area contributed by atoms with Crippen molar-refractivity contribution in [3.63, 3.8) is 0 Å². The Hall–Kier alpha value is -1.75. The minimum atomic E-state index is -0.257. The summed E-state index contributed by atoms with van der Waals surface area (Å²) in [5, 5.41) is 2.97. The summed E-state index contributed by atoms with van der Waals surface area (Å²) in [7, 11) is 1.79. The summed E-state index contributed by atoms with van der Waals surface area (Å²) >= 11 is 1.60. The molecular weight excluding hydrogens is 275 g/mol. The molecule has 0 saturated heterocycles. The average molecular weight is 292 g/mol. The molecule has 2 aromatic rings. The predicted octanol–water partition coefficient (Wildman–Crippen LogP) is 2.92. The molecule has 2 rings (SSSR count). The van der Waals surface area contributed by atoms with E-state index in [1.165, 1.54) is 12.1 Å². The molecule has 106 valence electrons. The van der Waals surface area contributed by atoms with Crippen LogP contribution in [0.4, 0.5) is 4.39 Å². The molecule has 20 heavy (non-hydrogen) atoms. The van der Waals surface area contributed by atoms with E-state index in [2.05, 4.69) is 4.98 Å². The van der Waals surface area contributed by atoms with Crippen LogP contribution < -0.4 is 0 Å². The number of rotatable bonds is 6. The number of carbonyl (C=O) groups is 1. The third-order valence-corrected chi connectivity index (χ3v) is 3.93. The molecule has 0 unspecified atom stereocenters. The van der Waals surface area contributed by atoms with Crippen molar-refractivity contribution in [2.24, 2.45) is 0 Å². The first-order valence-corrected chi connectivity index (χ1v) is 7.40. The minimum absolute atomic E-state index is 0.0748. The summed E-state index contributed by atoms with van der Waals surface area (Å²) < 4.78 is 13.0. The van der Waals surface area contributed by atoms with E-state index in [9.17, 15) is 9.18 Å². The van der Waals surface area contributed by atoms with Crippen molar-refractivity contribution >= 4 is 17.2 Å². The highest BCUT2D eigenvalue weighted by molar-refractivity contribution is 7.09. The molecule has 0 atom stereocenters. The lowest BCUT2D eigenvalue weighted by atomic mass is 10.1. The average Bonchev–Trinajstić information content (AvgIpc) is 2.95. The fraction of sp³-hybridized carbons (Fsp3) is 0.333. The number of likely N-dealkylation sites (N-methyl/N-ethyl adjacent to an activating group) is 1. The van der Waals surface area contributed by atoms with Gasteiger partial charge in [0.1, 0.15) is 5.82 Å². The van der Waals surface area contributed by atoms with Crippen molar-refractivity contribution in [2.75, 3.05) is 13.6 Å². The molecule has 3 nitrogen and oxygen atoms in total. The largest absolute Gasteiger partial charge is 0.345 e. The van der Waals surface area contributed by atoms with Crippen LogP contribution in [0.5, 0.6) is 0 Å². The lowest BCUT2D eigenvalue weighted by Gasteiger charge is -2.16. The van der Waals surface area contributed by atoms with Crippen LogP contribution in [0.2, 0.25) is 0 Å². The molecule has 0 fully saturated rings. The maximum Gasteiger partial charge on any atom is 0.222 e. The van der Waals surface area contributed by atoms with Crippen LogP contribution in [0.15, 0.2) is 35.8 Å². The van der Waals surface area contributed by atoms with Gasteiger partial charge in [0.15, 0.2) is 0 Å². The lowest BCUT2D eigenvalue weighted by molar-refractivity contribution is -0.129. The van der Waals surface area contributed by atoms with Crippen molar-refractivity contribution in [1.29, 1.82) is 0 Å². The molecule has 1 amide bonds. The number of halogens is 1. The first-order valence-electron chi connectivity index (χ1n) is 6.52. The van der Waals surface area contributed by atoms with Crippen molar-refractivity contribution in [3.8, 4) is 0 Å². The molecule has 0 radical (unpaired) electrons. The smallest absolute Gasteiger partial charge is 0.222 e. The monoisotopic (exact) mass is 292 g/mol. The predicted molar refractivity (Wildman–Crippen MR) is 78.2 cm³/mol. The highest BCUT2D eigenvalue weighted by Crippen LogP contribution is 2.09. The summed E-state index contributed by atoms with van der Waals surface area (Å²) in [5.41, 5.74) is 0.853. The van der Waals surface area contributed by atoms with E-state index in [1.54, 1.807) is 35.5 Å². The van der Waals surface area contributed by atoms with E-state index in [0.29, 0.717) is 19.4 Å². The molecule has 5 heteroatoms. The Morgan fingerprint density at radius 2 is 2.25 bits per heavy atom. The number of amides is 1. The van der Waals surface area contributed by atoms with Crippen LogP contribution in [-0.2, 0) is 17.6 Å². The van der Waals surface area contributed by atoms with Gasteiger partial charge in [-0.15, -0.1) is 11.3 Å². The van der Waals surface area contributed by atoms with Gasteiger partial charge in [0, 0.05) is 38.0 Å². The van der Waals surface area contributed by atoms with E-state index >= 15 is 0 Å². The van der Waals surface area contributed by atoms with Gasteiger partial charge in [-0.3, -0.25) is 4.79 Å². The van der Waals surface area contributed by atoms with Crippen LogP contribution in [0.25, 0.3) is 0 Å². The SMILES string of the molecule is CN(CCc1nccs1)C(=O)CCc1cccc(F)c1. The Morgan fingerprint density at radius 1 is 1.40 bits per heavy atom. The van der Waals surface area contributed by atoms with Gasteiger partial charge >= 0.3 is 0 Å². The van der Waals surface area contributed by atoms with E-state index in [4.69, 9.17) is 0 Å². The Bertz CT molecular complexity index is 557. The fourth-order valence-electron chi connectivity index (χ4n) is 1.90. The Kier molecular flexibility index (Phi) is 5.24. The molecule has 1 heterocycles. The van der Waals surface area contributed by atoms with Gasteiger partial charge in [0.25, 0.3) is 0 Å². The van der Waals surface area contributed by atoms with Gasteiger partial charge in [0.05, 0.1) is 5.01 Å². The molecule has 0 aliphatic carbocycles. The lowest BCUT2D eigenvalue weighted by Crippen LogP contribution is -2.29. The minimum Gasteiger partial charge on any atom is -0.345 e. The summed E-state index contributed by atoms with van der Waals surface area (Å²) in [4.78, 5) is 17.9. The zero-order valence-corrected chi connectivity index (χ0v) is 12.2. The maximum atomic E-state index is 13.0. The zero-order valence-electron chi connectivity index (χ0n) is 11.4. The standard InChI is InChI=1S/C15H17FN2OS/c1-18(9-7-14-17-8-10-20-14)15(19)6-5-12-3-2-4-13(16)11-12/h2-4,8,10-11H,5-7,9H2,1H3. The molecule has 1 aromatic carbocycles. The van der Waals surface area contributed by atoms with Gasteiger partial charge < -0.3 is 4.90 Å². The quantitative estimate of drug-likeness (QED) is 0.820. The highest BCUT2D eigenvalue weighted by Gasteiger charge is 2.09. The Balaban J connectivity index is 1.76. The fourth-order valence-corrected chi connectivity index (χ4v) is 2.51. The second kappa shape index (κ2) is 7.14. The van der Waals surface area contributed by atoms with E-state index in [1.807, 2.05) is 11.4 Å². The number of nitrogens with zero attached hydrogens (tertiary/aromatic N) is 2. The maximum absolute atomic E-state index is 13.0. The number of carbonyl (C=O) groups excluding carboxylic acids is 1. The molecule has 0 spiro atoms. The number of aromatic nitrogens is 1. The first-order chi connectivity index (χ1) is 9.65. The molecule has 0 bridgehead atoms. The van der Waals surface area contributed by atoms with E-state index in [0.717, 1.165) is 17.0 Å². The van der Waals surface area contributed by atoms with Crippen LogP contribution in [0.3, 0.4) is 0 Å². The van der Waals surface area contributed by atoms with Gasteiger partial charge in [-0.2, -0.15) is 0 Å². The van der Waals surface area contributed by atoms with Gasteiger partial charge in [-0.05, 0) is 24.1 Å². The van der Waals surface area contributed by atoms with E-state index in [-0.39, 0.29) is 11.7 Å². The van der Waals surface area contributed by atoms with Gasteiger partial charge in [-0.25, -0.2) is 9.37 Å². The summed E-state index contributed by atoms with van der Waals surface area (Å²) in [6.45, 7) is 0.662. The Labute approximate surface area is 122 Å². The van der Waals surface area contributed by atoms with Crippen molar-refractivity contribution < 1.29 is 9.18 Å². The number of aryl methyl sites for hydroxylation is 1. The van der Waals surface area contributed by atoms with Gasteiger partial charge in [-0.1, -0.05) is 12.1 Å². The molecule has 0 saturated carbocycles. The molecule has 0 N–H and O–H groups in total. The van der Waals surface area contributed by atoms with E-state index < -0.39 is 0 Å². The third kappa shape index (κ3) is 4.42. The number of hydrogen-bond donors (Lipinski definition) is 0. The Morgan fingerprint density at radius 3 is 2.95 bits per heavy atom. The zero-order chi connectivity index (χ0) is 14.4. The summed E-state index contributed by atoms with van der Waals surface area (Å²) in [6.07, 6.45) is 3.52. The van der Waals surface area contributed by atoms with Crippen LogP contribution in [-0.4, -0.2) is 29.4 Å². The molecule has 0 aliphatic heterocycles. The summed E-state index contributed by atoms with van der Waals surface area (Å²) in [6, 6.07) is 6.39. The number of hydrogen-bond acceptors (Lipinski definition) is 3. The number of thiazole rings is 1. The van der Waals surface area contributed by atoms with Crippen molar-refractivity contribution in [1.82, 2.24) is 9.88 Å². The molecule has 1 aromatic heterocycles. The van der Waals surface area contributed by atoms with Crippen molar-refractivity contribution in [3.05, 3.63) is 52.2 Å². The normalized spacial score (nSPS) is 10.5. The first kappa shape index (κ1) is 14.7. The number of benzene rings is 1. The molecular formula is C15H17FN2OS. The molecule has 0 aliphatic rings. The van der Waals surface area contributed by atoms with Crippen molar-refractivity contribution in [2.45, 2.75) is 19.3 Å². The summed E-state index contributed by atoms with van der Waals surface area (Å²) in [5.74, 6) is -0.183. The highest BCUT2D eigenvalue weighted by atomic mass is 32.1. The topological polar surface area (TPSA) is 33.2 Å². The van der Waals surface area contributed by atoms with Gasteiger partial charge in [0.2, 0.25) is 5.91 Å². The third-order valence-electron chi connectivity index (χ3n) is 3.09. The van der Waals surface area contributed by atoms with Crippen LogP contribution in [0, 0.1) is 5.82 Å². The van der Waals surface area contributed by atoms with Crippen LogP contribution >= 0.6 is 11.3 Å². The van der Waals surface area contributed by atoms with Crippen LogP contribution in [0.1, 0.15) is 17.0 Å².